The van der Waals surface area contributed by atoms with Gasteiger partial charge in [-0.1, -0.05) is 50.3 Å². The van der Waals surface area contributed by atoms with Gasteiger partial charge in [-0.25, -0.2) is 4.79 Å². The van der Waals surface area contributed by atoms with E-state index >= 15 is 0 Å². The van der Waals surface area contributed by atoms with Gasteiger partial charge in [-0.2, -0.15) is 0 Å². The third-order valence-corrected chi connectivity index (χ3v) is 3.35. The van der Waals surface area contributed by atoms with Crippen LogP contribution in [0.3, 0.4) is 0 Å². The number of benzene rings is 2. The summed E-state index contributed by atoms with van der Waals surface area (Å²) in [5.41, 5.74) is 1.16. The summed E-state index contributed by atoms with van der Waals surface area (Å²) >= 11 is 0. The fourth-order valence-electron chi connectivity index (χ4n) is 2.28. The third kappa shape index (κ3) is 4.32. The summed E-state index contributed by atoms with van der Waals surface area (Å²) < 4.78 is 5.34. The van der Waals surface area contributed by atoms with Crippen LogP contribution in [-0.4, -0.2) is 16.9 Å². The van der Waals surface area contributed by atoms with Gasteiger partial charge < -0.3 is 9.84 Å². The number of aromatic hydroxyl groups is 1. The van der Waals surface area contributed by atoms with Crippen LogP contribution < -0.4 is 4.74 Å². The highest BCUT2D eigenvalue weighted by Gasteiger charge is 2.18. The van der Waals surface area contributed by atoms with E-state index in [1.54, 1.807) is 37.3 Å². The van der Waals surface area contributed by atoms with E-state index in [0.29, 0.717) is 11.1 Å². The maximum atomic E-state index is 12.6. The number of hydrogen-bond acceptors (Lipinski definition) is 4. The molecule has 0 radical (unpaired) electrons. The Bertz CT molecular complexity index is 773. The topological polar surface area (TPSA) is 63.6 Å². The molecule has 4 nitrogen and oxygen atoms in total. The Morgan fingerprint density at radius 2 is 1.75 bits per heavy atom. The van der Waals surface area contributed by atoms with Gasteiger partial charge in [0.2, 0.25) is 0 Å². The van der Waals surface area contributed by atoms with Gasteiger partial charge in [-0.05, 0) is 25.0 Å². The van der Waals surface area contributed by atoms with Crippen molar-refractivity contribution in [1.29, 1.82) is 0 Å². The molecular formula is C20H20O4. The van der Waals surface area contributed by atoms with Crippen LogP contribution >= 0.6 is 0 Å². The largest absolute Gasteiger partial charge is 0.508 e. The molecule has 2 aromatic carbocycles. The van der Waals surface area contributed by atoms with E-state index in [0.717, 1.165) is 0 Å². The molecule has 0 atom stereocenters. The Kier molecular flexibility index (Phi) is 5.53. The molecule has 0 saturated carbocycles. The predicted octanol–water partition coefficient (Wildman–Crippen LogP) is 4.13. The predicted molar refractivity (Wildman–Crippen MR) is 92.2 cm³/mol. The third-order valence-electron chi connectivity index (χ3n) is 3.35. The van der Waals surface area contributed by atoms with Gasteiger partial charge in [0, 0.05) is 17.2 Å². The first-order valence-corrected chi connectivity index (χ1v) is 7.72. The Morgan fingerprint density at radius 3 is 2.38 bits per heavy atom. The summed E-state index contributed by atoms with van der Waals surface area (Å²) in [6, 6.07) is 12.8. The van der Waals surface area contributed by atoms with Gasteiger partial charge in [0.15, 0.2) is 5.78 Å². The van der Waals surface area contributed by atoms with E-state index in [9.17, 15) is 14.7 Å². The average Bonchev–Trinajstić information content (AvgIpc) is 2.54. The molecule has 0 saturated heterocycles. The highest BCUT2D eigenvalue weighted by Crippen LogP contribution is 2.27. The fraction of sp³-hybridized carbons (Fsp3) is 0.200. The van der Waals surface area contributed by atoms with Crippen molar-refractivity contribution in [2.75, 3.05) is 0 Å². The molecule has 0 unspecified atom stereocenters. The number of esters is 1. The minimum atomic E-state index is -0.545. The van der Waals surface area contributed by atoms with Crippen LogP contribution in [-0.2, 0) is 4.79 Å². The normalized spacial score (nSPS) is 11.4. The van der Waals surface area contributed by atoms with Crippen LogP contribution in [0.15, 0.2) is 60.2 Å². The number of phenols is 1. The van der Waals surface area contributed by atoms with Crippen molar-refractivity contribution in [3.8, 4) is 11.5 Å². The van der Waals surface area contributed by atoms with Gasteiger partial charge >= 0.3 is 5.97 Å². The zero-order chi connectivity index (χ0) is 17.7. The highest BCUT2D eigenvalue weighted by molar-refractivity contribution is 6.11. The molecule has 4 heteroatoms. The number of allylic oxidation sites excluding steroid dienone is 1. The average molecular weight is 324 g/mol. The minimum absolute atomic E-state index is 0.0466. The molecule has 24 heavy (non-hydrogen) atoms. The second-order valence-electron chi connectivity index (χ2n) is 5.86. The molecule has 0 aliphatic rings. The van der Waals surface area contributed by atoms with Crippen molar-refractivity contribution in [2.45, 2.75) is 20.8 Å². The summed E-state index contributed by atoms with van der Waals surface area (Å²) in [6.45, 7) is 5.56. The molecule has 0 aliphatic carbocycles. The van der Waals surface area contributed by atoms with Gasteiger partial charge in [-0.15, -0.1) is 0 Å². The van der Waals surface area contributed by atoms with E-state index in [4.69, 9.17) is 4.74 Å². The lowest BCUT2D eigenvalue weighted by Crippen LogP contribution is -2.13. The fourth-order valence-corrected chi connectivity index (χ4v) is 2.28. The second-order valence-corrected chi connectivity index (χ2v) is 5.86. The lowest BCUT2D eigenvalue weighted by Gasteiger charge is -2.11. The Hall–Kier alpha value is -2.88. The van der Waals surface area contributed by atoms with Crippen molar-refractivity contribution < 1.29 is 19.4 Å². The highest BCUT2D eigenvalue weighted by atomic mass is 16.5. The number of phenolic OH excluding ortho intramolecular Hbond substituents is 1. The number of hydrogen-bond donors (Lipinski definition) is 1. The number of ketones is 1. The number of ether oxygens (including phenoxy) is 1. The van der Waals surface area contributed by atoms with Crippen LogP contribution in [0.2, 0.25) is 0 Å². The van der Waals surface area contributed by atoms with Crippen molar-refractivity contribution in [2.24, 2.45) is 5.92 Å². The molecule has 0 aromatic heterocycles. The number of carbonyl (C=O) groups is 2. The zero-order valence-electron chi connectivity index (χ0n) is 13.9. The molecular weight excluding hydrogens is 304 g/mol. The first kappa shape index (κ1) is 17.5. The van der Waals surface area contributed by atoms with Gasteiger partial charge in [0.05, 0.1) is 5.56 Å². The van der Waals surface area contributed by atoms with Crippen molar-refractivity contribution in [3.05, 3.63) is 71.3 Å². The zero-order valence-corrected chi connectivity index (χ0v) is 13.9. The summed E-state index contributed by atoms with van der Waals surface area (Å²) in [6.07, 6.45) is 1.78. The van der Waals surface area contributed by atoms with Gasteiger partial charge in [0.1, 0.15) is 11.5 Å². The maximum absolute atomic E-state index is 12.6. The number of carbonyl (C=O) groups excluding carboxylic acids is 2. The maximum Gasteiger partial charge on any atom is 0.338 e. The first-order chi connectivity index (χ1) is 11.4. The quantitative estimate of drug-likeness (QED) is 0.389. The van der Waals surface area contributed by atoms with Crippen LogP contribution in [0.4, 0.5) is 0 Å². The first-order valence-electron chi connectivity index (χ1n) is 7.72. The summed E-state index contributed by atoms with van der Waals surface area (Å²) in [5.74, 6) is -0.647. The molecule has 2 rings (SSSR count). The number of rotatable bonds is 5. The van der Waals surface area contributed by atoms with Crippen molar-refractivity contribution in [1.82, 2.24) is 0 Å². The van der Waals surface area contributed by atoms with E-state index < -0.39 is 5.97 Å². The molecule has 1 N–H and O–H groups in total. The smallest absolute Gasteiger partial charge is 0.338 e. The van der Waals surface area contributed by atoms with E-state index in [1.807, 2.05) is 19.9 Å². The molecule has 0 amide bonds. The van der Waals surface area contributed by atoms with Crippen LogP contribution in [0.25, 0.3) is 0 Å². The lowest BCUT2D eigenvalue weighted by atomic mass is 10.0. The molecule has 0 spiro atoms. The van der Waals surface area contributed by atoms with E-state index in [2.05, 4.69) is 0 Å². The molecule has 2 aromatic rings. The minimum Gasteiger partial charge on any atom is -0.508 e. The van der Waals surface area contributed by atoms with Gasteiger partial charge in [-0.3, -0.25) is 4.79 Å². The Labute approximate surface area is 141 Å². The van der Waals surface area contributed by atoms with Crippen molar-refractivity contribution in [3.63, 3.8) is 0 Å². The summed E-state index contributed by atoms with van der Waals surface area (Å²) in [5, 5.41) is 9.67. The molecule has 124 valence electrons. The Balaban J connectivity index is 2.35. The summed E-state index contributed by atoms with van der Waals surface area (Å²) in [4.78, 5) is 24.8. The Morgan fingerprint density at radius 1 is 1.08 bits per heavy atom. The molecule has 0 aliphatic heterocycles. The SMILES string of the molecule is CC(=CC(C)C)C(=O)Oc1cc(O)ccc1C(=O)c1ccccc1. The van der Waals surface area contributed by atoms with Gasteiger partial charge in [0.25, 0.3) is 0 Å². The van der Waals surface area contributed by atoms with E-state index in [1.165, 1.54) is 18.2 Å². The molecule has 0 heterocycles. The second kappa shape index (κ2) is 7.59. The van der Waals surface area contributed by atoms with Crippen LogP contribution in [0.5, 0.6) is 11.5 Å². The summed E-state index contributed by atoms with van der Waals surface area (Å²) in [7, 11) is 0. The monoisotopic (exact) mass is 324 g/mol. The lowest BCUT2D eigenvalue weighted by molar-refractivity contribution is -0.130. The van der Waals surface area contributed by atoms with E-state index in [-0.39, 0.29) is 28.8 Å². The van der Waals surface area contributed by atoms with Crippen LogP contribution in [0, 0.1) is 5.92 Å². The molecule has 0 fully saturated rings. The molecule has 0 bridgehead atoms. The van der Waals surface area contributed by atoms with Crippen LogP contribution in [0.1, 0.15) is 36.7 Å². The standard InChI is InChI=1S/C20H20O4/c1-13(2)11-14(3)20(23)24-18-12-16(21)9-10-17(18)19(22)15-7-5-4-6-8-15/h4-13,21H,1-3H3. The van der Waals surface area contributed by atoms with Crippen molar-refractivity contribution >= 4 is 11.8 Å².